The van der Waals surface area contributed by atoms with Crippen molar-refractivity contribution in [3.05, 3.63) is 84.9 Å². The Labute approximate surface area is 183 Å². The number of ether oxygens (including phenoxy) is 1. The zero-order valence-corrected chi connectivity index (χ0v) is 18.4. The summed E-state index contributed by atoms with van der Waals surface area (Å²) in [5.74, 6) is 0.163. The van der Waals surface area contributed by atoms with Gasteiger partial charge < -0.3 is 10.1 Å². The van der Waals surface area contributed by atoms with Crippen LogP contribution in [0.3, 0.4) is 0 Å². The molecule has 0 saturated heterocycles. The lowest BCUT2D eigenvalue weighted by molar-refractivity contribution is -0.121. The molecule has 31 heavy (non-hydrogen) atoms. The number of carbonyl (C=O) groups excluding carboxylic acids is 1. The van der Waals surface area contributed by atoms with Crippen LogP contribution < -0.4 is 10.1 Å². The van der Waals surface area contributed by atoms with Crippen molar-refractivity contribution in [2.45, 2.75) is 17.9 Å². The predicted molar refractivity (Wildman–Crippen MR) is 122 cm³/mol. The molecule has 0 radical (unpaired) electrons. The zero-order chi connectivity index (χ0) is 22.4. The average Bonchev–Trinajstić information content (AvgIpc) is 2.78. The van der Waals surface area contributed by atoms with E-state index in [1.807, 2.05) is 49.4 Å². The zero-order valence-electron chi connectivity index (χ0n) is 17.6. The summed E-state index contributed by atoms with van der Waals surface area (Å²) in [6, 6.07) is 19.8. The van der Waals surface area contributed by atoms with Crippen molar-refractivity contribution in [2.75, 3.05) is 20.2 Å². The summed E-state index contributed by atoms with van der Waals surface area (Å²) in [5, 5.41) is 5.09. The Bertz CT molecular complexity index is 1170. The van der Waals surface area contributed by atoms with Gasteiger partial charge in [-0.2, -0.15) is 4.31 Å². The quantitative estimate of drug-likeness (QED) is 0.514. The van der Waals surface area contributed by atoms with Crippen molar-refractivity contribution in [1.82, 2.24) is 9.62 Å². The Hall–Kier alpha value is -3.16. The number of sulfonamides is 1. The first-order valence-electron chi connectivity index (χ1n) is 9.88. The largest absolute Gasteiger partial charge is 0.497 e. The monoisotopic (exact) mass is 438 g/mol. The Morgan fingerprint density at radius 1 is 1.10 bits per heavy atom. The summed E-state index contributed by atoms with van der Waals surface area (Å²) in [6.07, 6.45) is 1.46. The number of methoxy groups -OCH3 is 1. The maximum Gasteiger partial charge on any atom is 0.243 e. The van der Waals surface area contributed by atoms with Crippen LogP contribution in [0.15, 0.2) is 84.3 Å². The van der Waals surface area contributed by atoms with Gasteiger partial charge in [0.2, 0.25) is 15.9 Å². The van der Waals surface area contributed by atoms with Crippen LogP contribution in [0.1, 0.15) is 18.5 Å². The maximum absolute atomic E-state index is 13.0. The fraction of sp³-hybridized carbons (Fsp3) is 0.208. The number of rotatable bonds is 9. The van der Waals surface area contributed by atoms with Gasteiger partial charge in [-0.3, -0.25) is 4.79 Å². The van der Waals surface area contributed by atoms with Gasteiger partial charge in [-0.05, 0) is 53.6 Å². The average molecular weight is 439 g/mol. The molecule has 1 amide bonds. The van der Waals surface area contributed by atoms with Crippen molar-refractivity contribution in [3.63, 3.8) is 0 Å². The van der Waals surface area contributed by atoms with Gasteiger partial charge in [-0.25, -0.2) is 8.42 Å². The Morgan fingerprint density at radius 2 is 1.77 bits per heavy atom. The molecule has 6 nitrogen and oxygen atoms in total. The van der Waals surface area contributed by atoms with E-state index < -0.39 is 10.0 Å². The molecule has 3 aromatic rings. The van der Waals surface area contributed by atoms with Gasteiger partial charge in [0.25, 0.3) is 0 Å². The molecule has 0 fully saturated rings. The van der Waals surface area contributed by atoms with Gasteiger partial charge in [0.1, 0.15) is 5.75 Å². The lowest BCUT2D eigenvalue weighted by Gasteiger charge is -2.22. The number of hydrogen-bond donors (Lipinski definition) is 1. The number of benzene rings is 3. The van der Waals surface area contributed by atoms with E-state index >= 15 is 0 Å². The first-order chi connectivity index (χ1) is 14.8. The van der Waals surface area contributed by atoms with E-state index in [0.717, 1.165) is 20.6 Å². The third-order valence-corrected chi connectivity index (χ3v) is 6.83. The molecule has 0 unspecified atom stereocenters. The number of nitrogens with one attached hydrogen (secondary N) is 1. The second kappa shape index (κ2) is 9.76. The van der Waals surface area contributed by atoms with Crippen LogP contribution in [0.4, 0.5) is 0 Å². The van der Waals surface area contributed by atoms with E-state index in [-0.39, 0.29) is 29.9 Å². The first kappa shape index (κ1) is 22.5. The molecular formula is C24H26N2O4S. The Balaban J connectivity index is 1.73. The summed E-state index contributed by atoms with van der Waals surface area (Å²) in [6.45, 7) is 5.21. The highest BCUT2D eigenvalue weighted by atomic mass is 32.2. The van der Waals surface area contributed by atoms with Gasteiger partial charge in [0.15, 0.2) is 0 Å². The van der Waals surface area contributed by atoms with Crippen LogP contribution >= 0.6 is 0 Å². The van der Waals surface area contributed by atoms with E-state index in [4.69, 9.17) is 4.74 Å². The first-order valence-corrected chi connectivity index (χ1v) is 11.3. The molecule has 0 aromatic heterocycles. The van der Waals surface area contributed by atoms with Crippen LogP contribution in [0.5, 0.6) is 5.75 Å². The molecular weight excluding hydrogens is 412 g/mol. The molecule has 3 rings (SSSR count). The Kier molecular flexibility index (Phi) is 7.09. The molecule has 162 valence electrons. The highest BCUT2D eigenvalue weighted by molar-refractivity contribution is 7.89. The Morgan fingerprint density at radius 3 is 2.42 bits per heavy atom. The van der Waals surface area contributed by atoms with E-state index in [0.29, 0.717) is 5.75 Å². The van der Waals surface area contributed by atoms with E-state index in [2.05, 4.69) is 11.9 Å². The smallest absolute Gasteiger partial charge is 0.243 e. The molecule has 0 saturated carbocycles. The van der Waals surface area contributed by atoms with Crippen molar-refractivity contribution >= 4 is 26.7 Å². The minimum atomic E-state index is -3.87. The highest BCUT2D eigenvalue weighted by Gasteiger charge is 2.26. The number of hydrogen-bond acceptors (Lipinski definition) is 4. The molecule has 0 bridgehead atoms. The van der Waals surface area contributed by atoms with E-state index in [1.54, 1.807) is 12.1 Å². The molecule has 0 aliphatic rings. The summed E-state index contributed by atoms with van der Waals surface area (Å²) >= 11 is 0. The normalized spacial score (nSPS) is 12.5. The number of fused-ring (bicyclic) bond motifs is 1. The molecule has 1 atom stereocenters. The minimum Gasteiger partial charge on any atom is -0.497 e. The molecule has 0 spiro atoms. The standard InChI is InChI=1S/C24H26N2O4S/c1-4-15-26(31(28,29)23-13-11-22(30-3)12-14-23)17-24(27)25-18(2)20-10-9-19-7-5-6-8-21(19)16-20/h4-14,16,18H,1,15,17H2,2-3H3,(H,25,27)/t18-/m0/s1. The molecule has 0 heterocycles. The van der Waals surface area contributed by atoms with Crippen LogP contribution in [0.25, 0.3) is 10.8 Å². The summed E-state index contributed by atoms with van der Waals surface area (Å²) in [5.41, 5.74) is 0.945. The fourth-order valence-corrected chi connectivity index (χ4v) is 4.66. The molecule has 1 N–H and O–H groups in total. The fourth-order valence-electron chi connectivity index (χ4n) is 3.30. The summed E-state index contributed by atoms with van der Waals surface area (Å²) < 4.78 is 32.2. The van der Waals surface area contributed by atoms with Gasteiger partial charge in [-0.1, -0.05) is 42.5 Å². The third kappa shape index (κ3) is 5.31. The van der Waals surface area contributed by atoms with Crippen molar-refractivity contribution in [3.8, 4) is 5.75 Å². The molecule has 3 aromatic carbocycles. The van der Waals surface area contributed by atoms with Gasteiger partial charge in [-0.15, -0.1) is 6.58 Å². The van der Waals surface area contributed by atoms with Crippen LogP contribution in [0, 0.1) is 0 Å². The van der Waals surface area contributed by atoms with Gasteiger partial charge in [0, 0.05) is 6.54 Å². The SMILES string of the molecule is C=CCN(CC(=O)N[C@@H](C)c1ccc2ccccc2c1)S(=O)(=O)c1ccc(OC)cc1. The van der Waals surface area contributed by atoms with Gasteiger partial charge >= 0.3 is 0 Å². The highest BCUT2D eigenvalue weighted by Crippen LogP contribution is 2.21. The summed E-state index contributed by atoms with van der Waals surface area (Å²) in [7, 11) is -2.36. The number of carbonyl (C=O) groups is 1. The second-order valence-electron chi connectivity index (χ2n) is 7.16. The predicted octanol–water partition coefficient (Wildman–Crippen LogP) is 3.90. The topological polar surface area (TPSA) is 75.7 Å². The van der Waals surface area contributed by atoms with E-state index in [1.165, 1.54) is 25.3 Å². The van der Waals surface area contributed by atoms with Crippen LogP contribution in [-0.4, -0.2) is 38.8 Å². The number of amides is 1. The minimum absolute atomic E-state index is 0.0200. The van der Waals surface area contributed by atoms with E-state index in [9.17, 15) is 13.2 Å². The van der Waals surface area contributed by atoms with Crippen LogP contribution in [-0.2, 0) is 14.8 Å². The lowest BCUT2D eigenvalue weighted by atomic mass is 10.0. The third-order valence-electron chi connectivity index (χ3n) is 5.00. The summed E-state index contributed by atoms with van der Waals surface area (Å²) in [4.78, 5) is 12.8. The second-order valence-corrected chi connectivity index (χ2v) is 9.10. The van der Waals surface area contributed by atoms with Crippen molar-refractivity contribution in [2.24, 2.45) is 0 Å². The molecule has 0 aliphatic carbocycles. The molecule has 7 heteroatoms. The van der Waals surface area contributed by atoms with Crippen molar-refractivity contribution < 1.29 is 17.9 Å². The van der Waals surface area contributed by atoms with Crippen molar-refractivity contribution in [1.29, 1.82) is 0 Å². The molecule has 0 aliphatic heterocycles. The van der Waals surface area contributed by atoms with Crippen LogP contribution in [0.2, 0.25) is 0 Å². The van der Waals surface area contributed by atoms with Gasteiger partial charge in [0.05, 0.1) is 24.6 Å². The maximum atomic E-state index is 13.0. The number of nitrogens with zero attached hydrogens (tertiary/aromatic N) is 1. The lowest BCUT2D eigenvalue weighted by Crippen LogP contribution is -2.41.